The number of hydrogen-bond acceptors (Lipinski definition) is 6. The highest BCUT2D eigenvalue weighted by Crippen LogP contribution is 2.27. The number of Topliss-reactive ketones (excluding diaryl/α,β-unsaturated/α-hetero) is 1. The zero-order valence-electron chi connectivity index (χ0n) is 18.9. The zero-order valence-corrected chi connectivity index (χ0v) is 18.9. The van der Waals surface area contributed by atoms with Crippen LogP contribution in [-0.2, 0) is 6.42 Å². The maximum atomic E-state index is 12.7. The number of benzene rings is 2. The summed E-state index contributed by atoms with van der Waals surface area (Å²) < 4.78 is 5.26. The number of fused-ring (bicyclic) bond motifs is 1. The number of allylic oxidation sites excluding steroid dienone is 1. The van der Waals surface area contributed by atoms with Gasteiger partial charge in [-0.2, -0.15) is 0 Å². The molecule has 2 heterocycles. The van der Waals surface area contributed by atoms with Crippen molar-refractivity contribution in [3.05, 3.63) is 83.7 Å². The molecule has 1 saturated heterocycles. The first kappa shape index (κ1) is 21.2. The Labute approximate surface area is 194 Å². The summed E-state index contributed by atoms with van der Waals surface area (Å²) in [6, 6.07) is 18.4. The lowest BCUT2D eigenvalue weighted by Crippen LogP contribution is -2.47. The third-order valence-corrected chi connectivity index (χ3v) is 6.42. The van der Waals surface area contributed by atoms with E-state index in [4.69, 9.17) is 9.72 Å². The number of rotatable bonds is 5. The summed E-state index contributed by atoms with van der Waals surface area (Å²) in [5.74, 6) is 1.89. The Morgan fingerprint density at radius 1 is 0.939 bits per heavy atom. The molecule has 33 heavy (non-hydrogen) atoms. The van der Waals surface area contributed by atoms with E-state index in [0.717, 1.165) is 55.6 Å². The molecule has 1 aliphatic carbocycles. The minimum absolute atomic E-state index is 0.134. The van der Waals surface area contributed by atoms with Gasteiger partial charge in [-0.3, -0.25) is 4.79 Å². The molecule has 0 spiro atoms. The second-order valence-corrected chi connectivity index (χ2v) is 8.56. The van der Waals surface area contributed by atoms with Crippen LogP contribution in [0.3, 0.4) is 0 Å². The first-order valence-corrected chi connectivity index (χ1v) is 11.5. The van der Waals surface area contributed by atoms with Gasteiger partial charge in [0.15, 0.2) is 5.78 Å². The number of hydrogen-bond donors (Lipinski definition) is 0. The van der Waals surface area contributed by atoms with Gasteiger partial charge in [0.2, 0.25) is 5.95 Å². The zero-order chi connectivity index (χ0) is 22.6. The van der Waals surface area contributed by atoms with Crippen molar-refractivity contribution in [2.24, 2.45) is 5.92 Å². The second-order valence-electron chi connectivity index (χ2n) is 8.56. The molecule has 1 aliphatic heterocycles. The molecular formula is C27H28N4O2. The molecule has 6 heteroatoms. The minimum Gasteiger partial charge on any atom is -0.497 e. The SMILES string of the molecule is COc1ccc(N2CCN(c3ncc4c(n3)C[C@H](/C=C/c3ccccc3)CC4=O)CC2)cc1. The molecule has 6 nitrogen and oxygen atoms in total. The Morgan fingerprint density at radius 3 is 2.39 bits per heavy atom. The van der Waals surface area contributed by atoms with Gasteiger partial charge in [-0.05, 0) is 42.2 Å². The van der Waals surface area contributed by atoms with Gasteiger partial charge in [-0.15, -0.1) is 0 Å². The number of methoxy groups -OCH3 is 1. The molecule has 2 aromatic carbocycles. The fourth-order valence-corrected chi connectivity index (χ4v) is 4.52. The lowest BCUT2D eigenvalue weighted by atomic mass is 9.86. The van der Waals surface area contributed by atoms with Crippen molar-refractivity contribution in [2.45, 2.75) is 12.8 Å². The maximum absolute atomic E-state index is 12.7. The molecule has 3 aromatic rings. The molecule has 1 fully saturated rings. The van der Waals surface area contributed by atoms with E-state index < -0.39 is 0 Å². The highest BCUT2D eigenvalue weighted by Gasteiger charge is 2.27. The Morgan fingerprint density at radius 2 is 1.67 bits per heavy atom. The first-order chi connectivity index (χ1) is 16.2. The topological polar surface area (TPSA) is 58.6 Å². The van der Waals surface area contributed by atoms with E-state index in [2.05, 4.69) is 51.2 Å². The van der Waals surface area contributed by atoms with Crippen LogP contribution in [0.1, 0.15) is 28.0 Å². The van der Waals surface area contributed by atoms with E-state index in [9.17, 15) is 4.79 Å². The molecule has 0 saturated carbocycles. The van der Waals surface area contributed by atoms with E-state index in [1.165, 1.54) is 5.69 Å². The van der Waals surface area contributed by atoms with Gasteiger partial charge in [0.1, 0.15) is 5.75 Å². The summed E-state index contributed by atoms with van der Waals surface area (Å²) in [6.07, 6.45) is 7.26. The number of ether oxygens (including phenoxy) is 1. The highest BCUT2D eigenvalue weighted by atomic mass is 16.5. The number of carbonyl (C=O) groups is 1. The third kappa shape index (κ3) is 4.75. The Hall–Kier alpha value is -3.67. The molecule has 1 atom stereocenters. The van der Waals surface area contributed by atoms with Crippen LogP contribution >= 0.6 is 0 Å². The number of ketones is 1. The van der Waals surface area contributed by atoms with Crippen molar-refractivity contribution in [1.82, 2.24) is 9.97 Å². The average molecular weight is 441 g/mol. The van der Waals surface area contributed by atoms with Crippen LogP contribution in [0, 0.1) is 5.92 Å². The molecule has 168 valence electrons. The minimum atomic E-state index is 0.134. The average Bonchev–Trinajstić information content (AvgIpc) is 2.88. The summed E-state index contributed by atoms with van der Waals surface area (Å²) >= 11 is 0. The number of anilines is 2. The number of aromatic nitrogens is 2. The van der Waals surface area contributed by atoms with Gasteiger partial charge >= 0.3 is 0 Å². The summed E-state index contributed by atoms with van der Waals surface area (Å²) in [4.78, 5) is 26.7. The maximum Gasteiger partial charge on any atom is 0.225 e. The van der Waals surface area contributed by atoms with Crippen LogP contribution in [0.4, 0.5) is 11.6 Å². The van der Waals surface area contributed by atoms with Crippen LogP contribution in [0.15, 0.2) is 66.9 Å². The molecule has 0 bridgehead atoms. The fourth-order valence-electron chi connectivity index (χ4n) is 4.52. The van der Waals surface area contributed by atoms with Gasteiger partial charge in [-0.1, -0.05) is 42.5 Å². The number of piperazine rings is 1. The van der Waals surface area contributed by atoms with Crippen molar-refractivity contribution >= 4 is 23.5 Å². The smallest absolute Gasteiger partial charge is 0.225 e. The molecule has 0 amide bonds. The Kier molecular flexibility index (Phi) is 6.07. The van der Waals surface area contributed by atoms with Gasteiger partial charge in [-0.25, -0.2) is 9.97 Å². The molecule has 0 unspecified atom stereocenters. The lowest BCUT2D eigenvalue weighted by Gasteiger charge is -2.36. The van der Waals surface area contributed by atoms with Crippen molar-refractivity contribution in [1.29, 1.82) is 0 Å². The summed E-state index contributed by atoms with van der Waals surface area (Å²) in [6.45, 7) is 3.48. The number of carbonyl (C=O) groups excluding carboxylic acids is 1. The van der Waals surface area contributed by atoms with Crippen LogP contribution in [-0.4, -0.2) is 49.0 Å². The predicted molar refractivity (Wildman–Crippen MR) is 131 cm³/mol. The van der Waals surface area contributed by atoms with Crippen LogP contribution < -0.4 is 14.5 Å². The van der Waals surface area contributed by atoms with Crippen LogP contribution in [0.25, 0.3) is 6.08 Å². The second kappa shape index (κ2) is 9.45. The normalized spacial score (nSPS) is 18.5. The highest BCUT2D eigenvalue weighted by molar-refractivity contribution is 5.98. The monoisotopic (exact) mass is 440 g/mol. The van der Waals surface area contributed by atoms with E-state index in [-0.39, 0.29) is 11.7 Å². The van der Waals surface area contributed by atoms with Gasteiger partial charge in [0.05, 0.1) is 18.4 Å². The lowest BCUT2D eigenvalue weighted by molar-refractivity contribution is 0.0957. The van der Waals surface area contributed by atoms with E-state index in [1.807, 2.05) is 30.3 Å². The standard InChI is InChI=1S/C27H28N4O2/c1-33-23-11-9-22(10-12-23)30-13-15-31(16-14-30)27-28-19-24-25(29-27)17-21(18-26(24)32)8-7-20-5-3-2-4-6-20/h2-12,19,21H,13-18H2,1H3/b8-7+/t21-/m0/s1. The van der Waals surface area contributed by atoms with Crippen molar-refractivity contribution < 1.29 is 9.53 Å². The summed E-state index contributed by atoms with van der Waals surface area (Å²) in [5.41, 5.74) is 3.89. The summed E-state index contributed by atoms with van der Waals surface area (Å²) in [7, 11) is 1.68. The van der Waals surface area contributed by atoms with Crippen molar-refractivity contribution in [3.8, 4) is 5.75 Å². The van der Waals surface area contributed by atoms with Gasteiger partial charge in [0, 0.05) is 44.5 Å². The molecule has 2 aliphatic rings. The largest absolute Gasteiger partial charge is 0.497 e. The third-order valence-electron chi connectivity index (χ3n) is 6.42. The number of nitrogens with zero attached hydrogens (tertiary/aromatic N) is 4. The molecule has 0 radical (unpaired) electrons. The fraction of sp³-hybridized carbons (Fsp3) is 0.296. The van der Waals surface area contributed by atoms with Gasteiger partial charge < -0.3 is 14.5 Å². The van der Waals surface area contributed by atoms with Crippen LogP contribution in [0.5, 0.6) is 5.75 Å². The Balaban J connectivity index is 1.26. The van der Waals surface area contributed by atoms with Gasteiger partial charge in [0.25, 0.3) is 0 Å². The van der Waals surface area contributed by atoms with Crippen LogP contribution in [0.2, 0.25) is 0 Å². The van der Waals surface area contributed by atoms with Crippen molar-refractivity contribution in [3.63, 3.8) is 0 Å². The Bertz CT molecular complexity index is 1140. The van der Waals surface area contributed by atoms with Crippen molar-refractivity contribution in [2.75, 3.05) is 43.1 Å². The van der Waals surface area contributed by atoms with E-state index >= 15 is 0 Å². The summed E-state index contributed by atoms with van der Waals surface area (Å²) in [5, 5.41) is 0. The molecule has 1 aromatic heterocycles. The molecular weight excluding hydrogens is 412 g/mol. The molecule has 0 N–H and O–H groups in total. The first-order valence-electron chi connectivity index (χ1n) is 11.5. The van der Waals surface area contributed by atoms with E-state index in [1.54, 1.807) is 13.3 Å². The molecule has 5 rings (SSSR count). The predicted octanol–water partition coefficient (Wildman–Crippen LogP) is 4.27. The van der Waals surface area contributed by atoms with E-state index in [0.29, 0.717) is 12.0 Å². The quantitative estimate of drug-likeness (QED) is 0.591.